The zero-order chi connectivity index (χ0) is 20.9. The highest BCUT2D eigenvalue weighted by atomic mass is 32.1. The Balaban J connectivity index is 1.60. The number of rotatable bonds is 6. The molecular formula is C24H27N3O2S. The Morgan fingerprint density at radius 2 is 2.07 bits per heavy atom. The van der Waals surface area contributed by atoms with E-state index in [1.54, 1.807) is 0 Å². The van der Waals surface area contributed by atoms with E-state index < -0.39 is 0 Å². The SMILES string of the molecule is CCc1ccc2[nH]c(=O)c(CN(CC3CCCO3)C(=S)Nc3ccccc3)cc2c1. The predicted octanol–water partition coefficient (Wildman–Crippen LogP) is 4.47. The monoisotopic (exact) mass is 421 g/mol. The van der Waals surface area contributed by atoms with Gasteiger partial charge < -0.3 is 19.9 Å². The van der Waals surface area contributed by atoms with Gasteiger partial charge >= 0.3 is 0 Å². The average Bonchev–Trinajstić information content (AvgIpc) is 3.27. The van der Waals surface area contributed by atoms with E-state index in [9.17, 15) is 4.79 Å². The second-order valence-corrected chi connectivity index (χ2v) is 8.10. The van der Waals surface area contributed by atoms with Crippen LogP contribution in [-0.4, -0.2) is 34.3 Å². The molecule has 0 aliphatic carbocycles. The Labute approximate surface area is 182 Å². The van der Waals surface area contributed by atoms with Crippen LogP contribution in [0.2, 0.25) is 0 Å². The molecule has 0 amide bonds. The summed E-state index contributed by atoms with van der Waals surface area (Å²) in [4.78, 5) is 17.8. The molecule has 156 valence electrons. The molecule has 1 aliphatic heterocycles. The molecule has 1 aliphatic rings. The molecule has 1 atom stereocenters. The molecule has 0 radical (unpaired) electrons. The Morgan fingerprint density at radius 1 is 1.23 bits per heavy atom. The minimum absolute atomic E-state index is 0.0772. The van der Waals surface area contributed by atoms with Crippen molar-refractivity contribution in [2.45, 2.75) is 38.8 Å². The molecule has 5 nitrogen and oxygen atoms in total. The topological polar surface area (TPSA) is 57.4 Å². The number of hydrogen-bond donors (Lipinski definition) is 2. The van der Waals surface area contributed by atoms with Crippen molar-refractivity contribution >= 4 is 33.9 Å². The van der Waals surface area contributed by atoms with E-state index in [0.29, 0.717) is 23.8 Å². The number of aromatic amines is 1. The van der Waals surface area contributed by atoms with E-state index in [1.807, 2.05) is 47.4 Å². The lowest BCUT2D eigenvalue weighted by Gasteiger charge is -2.28. The van der Waals surface area contributed by atoms with E-state index in [4.69, 9.17) is 17.0 Å². The molecule has 3 aromatic rings. The average molecular weight is 422 g/mol. The number of fused-ring (bicyclic) bond motifs is 1. The maximum absolute atomic E-state index is 12.8. The molecule has 1 aromatic heterocycles. The standard InChI is InChI=1S/C24H27N3O2S/c1-2-17-10-11-22-18(13-17)14-19(23(28)26-22)15-27(16-21-9-6-12-29-21)24(30)25-20-7-4-3-5-8-20/h3-5,7-8,10-11,13-14,21H,2,6,9,12,15-16H2,1H3,(H,25,30)(H,26,28). The first-order valence-electron chi connectivity index (χ1n) is 10.5. The van der Waals surface area contributed by atoms with Crippen molar-refractivity contribution in [3.05, 3.63) is 76.1 Å². The van der Waals surface area contributed by atoms with Gasteiger partial charge in [0.15, 0.2) is 5.11 Å². The fourth-order valence-electron chi connectivity index (χ4n) is 3.82. The van der Waals surface area contributed by atoms with Crippen LogP contribution in [0, 0.1) is 0 Å². The van der Waals surface area contributed by atoms with Crippen molar-refractivity contribution in [2.75, 3.05) is 18.5 Å². The van der Waals surface area contributed by atoms with Crippen molar-refractivity contribution in [2.24, 2.45) is 0 Å². The molecule has 30 heavy (non-hydrogen) atoms. The number of ether oxygens (including phenoxy) is 1. The van der Waals surface area contributed by atoms with Crippen molar-refractivity contribution < 1.29 is 4.74 Å². The van der Waals surface area contributed by atoms with Crippen LogP contribution in [0.3, 0.4) is 0 Å². The van der Waals surface area contributed by atoms with Gasteiger partial charge in [0.1, 0.15) is 0 Å². The third kappa shape index (κ3) is 4.89. The number of pyridine rings is 1. The lowest BCUT2D eigenvalue weighted by molar-refractivity contribution is 0.0904. The fraction of sp³-hybridized carbons (Fsp3) is 0.333. The number of hydrogen-bond acceptors (Lipinski definition) is 3. The number of H-pyrrole nitrogens is 1. The van der Waals surface area contributed by atoms with E-state index >= 15 is 0 Å². The van der Waals surface area contributed by atoms with Crippen LogP contribution in [0.5, 0.6) is 0 Å². The van der Waals surface area contributed by atoms with Gasteiger partial charge in [0.2, 0.25) is 0 Å². The number of aromatic nitrogens is 1. The minimum Gasteiger partial charge on any atom is -0.376 e. The molecule has 2 N–H and O–H groups in total. The highest BCUT2D eigenvalue weighted by Gasteiger charge is 2.22. The van der Waals surface area contributed by atoms with Crippen LogP contribution in [-0.2, 0) is 17.7 Å². The maximum atomic E-state index is 12.8. The molecule has 0 spiro atoms. The van der Waals surface area contributed by atoms with Crippen LogP contribution in [0.25, 0.3) is 10.9 Å². The molecule has 2 heterocycles. The molecule has 0 bridgehead atoms. The van der Waals surface area contributed by atoms with E-state index in [1.165, 1.54) is 5.56 Å². The molecular weight excluding hydrogens is 394 g/mol. The number of aryl methyl sites for hydroxylation is 1. The van der Waals surface area contributed by atoms with Gasteiger partial charge in [0.25, 0.3) is 5.56 Å². The van der Waals surface area contributed by atoms with Gasteiger partial charge in [-0.25, -0.2) is 0 Å². The van der Waals surface area contributed by atoms with Crippen LogP contribution in [0.1, 0.15) is 30.9 Å². The van der Waals surface area contributed by atoms with Crippen LogP contribution >= 0.6 is 12.2 Å². The Kier molecular flexibility index (Phi) is 6.45. The van der Waals surface area contributed by atoms with Crippen molar-refractivity contribution in [3.8, 4) is 0 Å². The predicted molar refractivity (Wildman–Crippen MR) is 126 cm³/mol. The third-order valence-corrected chi connectivity index (χ3v) is 5.88. The number of para-hydroxylation sites is 1. The quantitative estimate of drug-likeness (QED) is 0.575. The number of nitrogens with zero attached hydrogens (tertiary/aromatic N) is 1. The summed E-state index contributed by atoms with van der Waals surface area (Å²) in [5.74, 6) is 0. The highest BCUT2D eigenvalue weighted by Crippen LogP contribution is 2.18. The normalized spacial score (nSPS) is 16.0. The molecule has 6 heteroatoms. The Hall–Kier alpha value is -2.70. The fourth-order valence-corrected chi connectivity index (χ4v) is 4.08. The minimum atomic E-state index is -0.0772. The summed E-state index contributed by atoms with van der Waals surface area (Å²) >= 11 is 5.72. The van der Waals surface area contributed by atoms with Gasteiger partial charge in [0, 0.05) is 29.9 Å². The molecule has 4 rings (SSSR count). The summed E-state index contributed by atoms with van der Waals surface area (Å²) < 4.78 is 5.84. The van der Waals surface area contributed by atoms with E-state index in [2.05, 4.69) is 29.4 Å². The lowest BCUT2D eigenvalue weighted by atomic mass is 10.1. The second-order valence-electron chi connectivity index (χ2n) is 7.71. The lowest BCUT2D eigenvalue weighted by Crippen LogP contribution is -2.40. The molecule has 1 unspecified atom stereocenters. The first-order valence-corrected chi connectivity index (χ1v) is 10.9. The van der Waals surface area contributed by atoms with Crippen molar-refractivity contribution in [3.63, 3.8) is 0 Å². The summed E-state index contributed by atoms with van der Waals surface area (Å²) in [5, 5.41) is 4.94. The van der Waals surface area contributed by atoms with Gasteiger partial charge in [0.05, 0.1) is 12.6 Å². The van der Waals surface area contributed by atoms with Gasteiger partial charge in [-0.2, -0.15) is 0 Å². The van der Waals surface area contributed by atoms with Crippen LogP contribution in [0.15, 0.2) is 59.4 Å². The van der Waals surface area contributed by atoms with Gasteiger partial charge in [-0.3, -0.25) is 4.79 Å². The smallest absolute Gasteiger partial charge is 0.253 e. The molecule has 1 fully saturated rings. The Morgan fingerprint density at radius 3 is 2.80 bits per heavy atom. The second kappa shape index (κ2) is 9.41. The first-order chi connectivity index (χ1) is 14.6. The van der Waals surface area contributed by atoms with Crippen molar-refractivity contribution in [1.82, 2.24) is 9.88 Å². The van der Waals surface area contributed by atoms with E-state index in [-0.39, 0.29) is 11.7 Å². The first kappa shape index (κ1) is 20.6. The van der Waals surface area contributed by atoms with Crippen LogP contribution < -0.4 is 10.9 Å². The van der Waals surface area contributed by atoms with E-state index in [0.717, 1.165) is 42.5 Å². The van der Waals surface area contributed by atoms with Crippen LogP contribution in [0.4, 0.5) is 5.69 Å². The highest BCUT2D eigenvalue weighted by molar-refractivity contribution is 7.80. The summed E-state index contributed by atoms with van der Waals surface area (Å²) in [7, 11) is 0. The largest absolute Gasteiger partial charge is 0.376 e. The van der Waals surface area contributed by atoms with Crippen molar-refractivity contribution in [1.29, 1.82) is 0 Å². The number of anilines is 1. The summed E-state index contributed by atoms with van der Waals surface area (Å²) in [6.07, 6.45) is 3.17. The zero-order valence-corrected chi connectivity index (χ0v) is 18.0. The molecule has 0 saturated carbocycles. The van der Waals surface area contributed by atoms with Gasteiger partial charge in [-0.1, -0.05) is 31.2 Å². The third-order valence-electron chi connectivity index (χ3n) is 5.52. The maximum Gasteiger partial charge on any atom is 0.253 e. The summed E-state index contributed by atoms with van der Waals surface area (Å²) in [6, 6.07) is 18.0. The number of nitrogens with one attached hydrogen (secondary N) is 2. The van der Waals surface area contributed by atoms with Gasteiger partial charge in [-0.05, 0) is 72.8 Å². The molecule has 2 aromatic carbocycles. The number of thiocarbonyl (C=S) groups is 1. The summed E-state index contributed by atoms with van der Waals surface area (Å²) in [5.41, 5.74) is 3.66. The van der Waals surface area contributed by atoms with Gasteiger partial charge in [-0.15, -0.1) is 0 Å². The Bertz CT molecular complexity index is 1070. The zero-order valence-electron chi connectivity index (χ0n) is 17.2. The summed E-state index contributed by atoms with van der Waals surface area (Å²) in [6.45, 7) is 4.00. The molecule has 1 saturated heterocycles. The number of benzene rings is 2.